The molecular formula is C16H17N3O5. The smallest absolute Gasteiger partial charge is 0.287 e. The summed E-state index contributed by atoms with van der Waals surface area (Å²) in [5.74, 6) is 0.347. The van der Waals surface area contributed by atoms with Crippen LogP contribution in [0.4, 0.5) is 0 Å². The molecular weight excluding hydrogens is 314 g/mol. The molecule has 8 nitrogen and oxygen atoms in total. The van der Waals surface area contributed by atoms with Crippen molar-refractivity contribution in [2.24, 2.45) is 5.10 Å². The summed E-state index contributed by atoms with van der Waals surface area (Å²) < 4.78 is 15.2. The topological polar surface area (TPSA) is 102 Å². The normalized spacial score (nSPS) is 10.4. The third-order valence-electron chi connectivity index (χ3n) is 2.96. The number of carbonyl (C=O) groups excluding carboxylic acids is 2. The first-order valence-electron chi connectivity index (χ1n) is 6.99. The summed E-state index contributed by atoms with van der Waals surface area (Å²) >= 11 is 0. The van der Waals surface area contributed by atoms with Crippen LogP contribution >= 0.6 is 0 Å². The fraction of sp³-hybridized carbons (Fsp3) is 0.188. The highest BCUT2D eigenvalue weighted by Gasteiger charge is 2.09. The Balaban J connectivity index is 1.83. The third kappa shape index (κ3) is 4.60. The van der Waals surface area contributed by atoms with Crippen LogP contribution in [-0.4, -0.2) is 38.8 Å². The predicted molar refractivity (Wildman–Crippen MR) is 86.3 cm³/mol. The molecule has 1 heterocycles. The Kier molecular flexibility index (Phi) is 5.95. The summed E-state index contributed by atoms with van der Waals surface area (Å²) in [6.45, 7) is -0.219. The van der Waals surface area contributed by atoms with E-state index in [4.69, 9.17) is 13.9 Å². The number of benzene rings is 1. The minimum Gasteiger partial charge on any atom is -0.493 e. The maximum atomic E-state index is 11.6. The average molecular weight is 331 g/mol. The molecule has 24 heavy (non-hydrogen) atoms. The largest absolute Gasteiger partial charge is 0.493 e. The number of ether oxygens (including phenoxy) is 2. The van der Waals surface area contributed by atoms with Crippen LogP contribution in [-0.2, 0) is 4.79 Å². The maximum absolute atomic E-state index is 11.6. The van der Waals surface area contributed by atoms with E-state index in [1.807, 2.05) is 0 Å². The van der Waals surface area contributed by atoms with E-state index in [2.05, 4.69) is 15.8 Å². The number of furan rings is 1. The third-order valence-corrected chi connectivity index (χ3v) is 2.96. The first kappa shape index (κ1) is 17.1. The van der Waals surface area contributed by atoms with E-state index in [-0.39, 0.29) is 12.3 Å². The Morgan fingerprint density at radius 1 is 1.21 bits per heavy atom. The molecule has 0 atom stereocenters. The second-order valence-electron chi connectivity index (χ2n) is 4.57. The molecule has 8 heteroatoms. The van der Waals surface area contributed by atoms with Crippen molar-refractivity contribution in [1.29, 1.82) is 0 Å². The lowest BCUT2D eigenvalue weighted by Crippen LogP contribution is -2.34. The molecule has 0 radical (unpaired) electrons. The van der Waals surface area contributed by atoms with Gasteiger partial charge in [-0.1, -0.05) is 0 Å². The molecule has 0 aliphatic carbocycles. The number of nitrogens with zero attached hydrogens (tertiary/aromatic N) is 1. The van der Waals surface area contributed by atoms with Gasteiger partial charge in [-0.2, -0.15) is 5.10 Å². The van der Waals surface area contributed by atoms with E-state index >= 15 is 0 Å². The molecule has 0 spiro atoms. The van der Waals surface area contributed by atoms with Gasteiger partial charge in [0.25, 0.3) is 11.8 Å². The van der Waals surface area contributed by atoms with Gasteiger partial charge in [0, 0.05) is 0 Å². The zero-order valence-electron chi connectivity index (χ0n) is 13.2. The van der Waals surface area contributed by atoms with Crippen LogP contribution in [0.3, 0.4) is 0 Å². The number of nitrogens with one attached hydrogen (secondary N) is 2. The summed E-state index contributed by atoms with van der Waals surface area (Å²) in [4.78, 5) is 23.2. The Morgan fingerprint density at radius 2 is 2.00 bits per heavy atom. The van der Waals surface area contributed by atoms with Crippen molar-refractivity contribution in [3.63, 3.8) is 0 Å². The maximum Gasteiger partial charge on any atom is 0.287 e. The zero-order chi connectivity index (χ0) is 17.4. The van der Waals surface area contributed by atoms with Crippen LogP contribution in [0.2, 0.25) is 0 Å². The summed E-state index contributed by atoms with van der Waals surface area (Å²) in [7, 11) is 3.07. The highest BCUT2D eigenvalue weighted by Crippen LogP contribution is 2.26. The predicted octanol–water partition coefficient (Wildman–Crippen LogP) is 1.18. The van der Waals surface area contributed by atoms with Gasteiger partial charge < -0.3 is 19.2 Å². The van der Waals surface area contributed by atoms with Crippen molar-refractivity contribution in [1.82, 2.24) is 10.7 Å². The Bertz CT molecular complexity index is 725. The Labute approximate surface area is 138 Å². The van der Waals surface area contributed by atoms with E-state index < -0.39 is 11.8 Å². The van der Waals surface area contributed by atoms with E-state index in [0.29, 0.717) is 17.1 Å². The summed E-state index contributed by atoms with van der Waals surface area (Å²) in [5.41, 5.74) is 3.03. The molecule has 126 valence electrons. The number of rotatable bonds is 7. The molecule has 0 aliphatic heterocycles. The number of hydrogen-bond acceptors (Lipinski definition) is 6. The molecule has 0 fully saturated rings. The van der Waals surface area contributed by atoms with E-state index in [1.165, 1.54) is 25.7 Å². The number of carbonyl (C=O) groups is 2. The van der Waals surface area contributed by atoms with E-state index in [0.717, 1.165) is 0 Å². The molecule has 2 rings (SSSR count). The molecule has 2 amide bonds. The van der Waals surface area contributed by atoms with Crippen molar-refractivity contribution >= 4 is 18.0 Å². The first-order valence-corrected chi connectivity index (χ1v) is 6.99. The number of amides is 2. The van der Waals surface area contributed by atoms with Gasteiger partial charge in [0.15, 0.2) is 17.3 Å². The minimum absolute atomic E-state index is 0.136. The average Bonchev–Trinajstić information content (AvgIpc) is 3.14. The lowest BCUT2D eigenvalue weighted by atomic mass is 10.2. The van der Waals surface area contributed by atoms with Crippen molar-refractivity contribution in [3.05, 3.63) is 47.9 Å². The van der Waals surface area contributed by atoms with Gasteiger partial charge in [0.05, 0.1) is 33.2 Å². The second-order valence-corrected chi connectivity index (χ2v) is 4.57. The number of hydrogen-bond donors (Lipinski definition) is 2. The van der Waals surface area contributed by atoms with E-state index in [1.54, 1.807) is 31.4 Å². The Morgan fingerprint density at radius 3 is 2.67 bits per heavy atom. The van der Waals surface area contributed by atoms with Crippen molar-refractivity contribution in [2.75, 3.05) is 20.8 Å². The molecule has 2 N–H and O–H groups in total. The van der Waals surface area contributed by atoms with Crippen molar-refractivity contribution in [2.45, 2.75) is 0 Å². The molecule has 1 aromatic carbocycles. The van der Waals surface area contributed by atoms with Gasteiger partial charge in [0.1, 0.15) is 0 Å². The van der Waals surface area contributed by atoms with Crippen LogP contribution in [0.1, 0.15) is 16.1 Å². The highest BCUT2D eigenvalue weighted by atomic mass is 16.5. The number of methoxy groups -OCH3 is 2. The van der Waals surface area contributed by atoms with Crippen molar-refractivity contribution < 1.29 is 23.5 Å². The second kappa shape index (κ2) is 8.37. The number of hydrazone groups is 1. The zero-order valence-corrected chi connectivity index (χ0v) is 13.2. The van der Waals surface area contributed by atoms with Gasteiger partial charge in [-0.15, -0.1) is 0 Å². The lowest BCUT2D eigenvalue weighted by molar-refractivity contribution is -0.120. The van der Waals surface area contributed by atoms with Crippen LogP contribution in [0, 0.1) is 0 Å². The van der Waals surface area contributed by atoms with Crippen molar-refractivity contribution in [3.8, 4) is 11.5 Å². The van der Waals surface area contributed by atoms with Crippen LogP contribution in [0.25, 0.3) is 0 Å². The minimum atomic E-state index is -0.473. The molecule has 0 unspecified atom stereocenters. The molecule has 0 saturated carbocycles. The fourth-order valence-electron chi connectivity index (χ4n) is 1.81. The van der Waals surface area contributed by atoms with E-state index in [9.17, 15) is 9.59 Å². The van der Waals surface area contributed by atoms with Gasteiger partial charge in [-0.25, -0.2) is 5.43 Å². The first-order chi connectivity index (χ1) is 11.6. The van der Waals surface area contributed by atoms with Gasteiger partial charge in [0.2, 0.25) is 0 Å². The van der Waals surface area contributed by atoms with Gasteiger partial charge in [-0.3, -0.25) is 9.59 Å². The molecule has 0 bridgehead atoms. The molecule has 1 aromatic heterocycles. The SMILES string of the molecule is COc1ccc(C=NNC(=O)CNC(=O)c2ccco2)cc1OC. The highest BCUT2D eigenvalue weighted by molar-refractivity contribution is 5.94. The van der Waals surface area contributed by atoms with Crippen LogP contribution in [0.5, 0.6) is 11.5 Å². The van der Waals surface area contributed by atoms with Gasteiger partial charge >= 0.3 is 0 Å². The standard InChI is InChI=1S/C16H17N3O5/c1-22-12-6-5-11(8-14(12)23-2)9-18-19-15(20)10-17-16(21)13-4-3-7-24-13/h3-9H,10H2,1-2H3,(H,17,21)(H,19,20). The van der Waals surface area contributed by atoms with Crippen LogP contribution < -0.4 is 20.2 Å². The monoisotopic (exact) mass is 331 g/mol. The summed E-state index contributed by atoms with van der Waals surface area (Å²) in [6, 6.07) is 8.29. The quantitative estimate of drug-likeness (QED) is 0.586. The lowest BCUT2D eigenvalue weighted by Gasteiger charge is -2.07. The molecule has 0 saturated heterocycles. The molecule has 2 aromatic rings. The molecule has 0 aliphatic rings. The summed E-state index contributed by atoms with van der Waals surface area (Å²) in [6.07, 6.45) is 2.83. The summed E-state index contributed by atoms with van der Waals surface area (Å²) in [5, 5.41) is 6.23. The van der Waals surface area contributed by atoms with Gasteiger partial charge in [-0.05, 0) is 35.9 Å². The Hall–Kier alpha value is -3.29. The fourth-order valence-corrected chi connectivity index (χ4v) is 1.81. The van der Waals surface area contributed by atoms with Crippen LogP contribution in [0.15, 0.2) is 46.1 Å².